The van der Waals surface area contributed by atoms with Crippen molar-refractivity contribution in [2.45, 2.75) is 12.8 Å². The van der Waals surface area contributed by atoms with Crippen molar-refractivity contribution in [3.05, 3.63) is 11.8 Å². The largest absolute Gasteiger partial charge is 0.501 e. The van der Waals surface area contributed by atoms with Crippen molar-refractivity contribution < 1.29 is 17.3 Å². The summed E-state index contributed by atoms with van der Waals surface area (Å²) >= 11 is 0. The first-order chi connectivity index (χ1) is 5.58. The van der Waals surface area contributed by atoms with Crippen LogP contribution in [-0.4, -0.2) is 21.6 Å². The molecule has 0 atom stereocenters. The first kappa shape index (κ1) is 9.50. The highest BCUT2D eigenvalue weighted by Crippen LogP contribution is 2.11. The van der Waals surface area contributed by atoms with Crippen LogP contribution in [0.25, 0.3) is 0 Å². The molecule has 70 valence electrons. The predicted molar refractivity (Wildman–Crippen MR) is 42.3 cm³/mol. The fourth-order valence-corrected chi connectivity index (χ4v) is 1.20. The number of hydrogen-bond donors (Lipinski definition) is 1. The summed E-state index contributed by atoms with van der Waals surface area (Å²) in [6.45, 7) is 0.678. The summed E-state index contributed by atoms with van der Waals surface area (Å²) in [4.78, 5) is 0. The van der Waals surface area contributed by atoms with Crippen LogP contribution in [-0.2, 0) is 19.2 Å². The summed E-state index contributed by atoms with van der Waals surface area (Å²) < 4.78 is 30.1. The lowest BCUT2D eigenvalue weighted by atomic mass is 10.1. The number of rotatable bonds is 3. The van der Waals surface area contributed by atoms with E-state index in [0.717, 1.165) is 18.4 Å². The normalized spacial score (nSPS) is 18.2. The van der Waals surface area contributed by atoms with E-state index in [1.807, 2.05) is 0 Å². The molecular formula is C6H11NO4S. The Morgan fingerprint density at radius 2 is 2.42 bits per heavy atom. The summed E-state index contributed by atoms with van der Waals surface area (Å²) in [5, 5.41) is 4.63. The minimum Gasteiger partial charge on any atom is -0.501 e. The number of ether oxygens (including phenoxy) is 1. The lowest BCUT2D eigenvalue weighted by Crippen LogP contribution is -2.18. The van der Waals surface area contributed by atoms with E-state index in [9.17, 15) is 8.42 Å². The van der Waals surface area contributed by atoms with Crippen molar-refractivity contribution in [2.24, 2.45) is 5.14 Å². The van der Waals surface area contributed by atoms with Gasteiger partial charge in [0, 0.05) is 0 Å². The Kier molecular flexibility index (Phi) is 3.07. The summed E-state index contributed by atoms with van der Waals surface area (Å²) in [6.07, 6.45) is 3.21. The second-order valence-electron chi connectivity index (χ2n) is 2.51. The minimum atomic E-state index is -3.82. The Hall–Kier alpha value is -0.590. The molecule has 1 rings (SSSR count). The van der Waals surface area contributed by atoms with Crippen LogP contribution in [0.4, 0.5) is 0 Å². The molecule has 12 heavy (non-hydrogen) atoms. The standard InChI is InChI=1S/C6H11NO4S/c7-12(8,9)11-5-6-2-1-3-10-4-6/h4H,1-3,5H2,(H2,7,8,9). The molecule has 0 saturated heterocycles. The fourth-order valence-electron chi connectivity index (χ4n) is 0.882. The zero-order chi connectivity index (χ0) is 9.03. The van der Waals surface area contributed by atoms with Gasteiger partial charge in [-0.2, -0.15) is 8.42 Å². The van der Waals surface area contributed by atoms with E-state index >= 15 is 0 Å². The predicted octanol–water partition coefficient (Wildman–Crippen LogP) is -0.0992. The number of hydrogen-bond acceptors (Lipinski definition) is 4. The van der Waals surface area contributed by atoms with Crippen LogP contribution in [0, 0.1) is 0 Å². The molecule has 0 radical (unpaired) electrons. The molecule has 0 aromatic rings. The molecule has 0 spiro atoms. The maximum absolute atomic E-state index is 10.4. The molecule has 0 unspecified atom stereocenters. The Balaban J connectivity index is 2.36. The highest BCUT2D eigenvalue weighted by atomic mass is 32.2. The topological polar surface area (TPSA) is 78.6 Å². The molecule has 0 bridgehead atoms. The highest BCUT2D eigenvalue weighted by Gasteiger charge is 2.08. The van der Waals surface area contributed by atoms with Crippen molar-refractivity contribution in [2.75, 3.05) is 13.2 Å². The van der Waals surface area contributed by atoms with Crippen molar-refractivity contribution >= 4 is 10.3 Å². The first-order valence-electron chi connectivity index (χ1n) is 3.54. The molecule has 5 nitrogen and oxygen atoms in total. The zero-order valence-electron chi connectivity index (χ0n) is 6.52. The molecule has 0 aromatic carbocycles. The van der Waals surface area contributed by atoms with Crippen molar-refractivity contribution in [3.63, 3.8) is 0 Å². The van der Waals surface area contributed by atoms with Crippen LogP contribution >= 0.6 is 0 Å². The smallest absolute Gasteiger partial charge is 0.333 e. The van der Waals surface area contributed by atoms with E-state index < -0.39 is 10.3 Å². The van der Waals surface area contributed by atoms with Crippen molar-refractivity contribution in [3.8, 4) is 0 Å². The summed E-state index contributed by atoms with van der Waals surface area (Å²) in [5.41, 5.74) is 0.815. The SMILES string of the molecule is NS(=O)(=O)OCC1=COCCC1. The highest BCUT2D eigenvalue weighted by molar-refractivity contribution is 7.84. The summed E-state index contributed by atoms with van der Waals surface area (Å²) in [7, 11) is -3.82. The third-order valence-corrected chi connectivity index (χ3v) is 1.87. The number of nitrogens with two attached hydrogens (primary N) is 1. The van der Waals surface area contributed by atoms with E-state index in [-0.39, 0.29) is 6.61 Å². The van der Waals surface area contributed by atoms with Gasteiger partial charge in [-0.25, -0.2) is 5.14 Å². The van der Waals surface area contributed by atoms with Gasteiger partial charge in [-0.15, -0.1) is 0 Å². The Morgan fingerprint density at radius 3 is 2.92 bits per heavy atom. The lowest BCUT2D eigenvalue weighted by Gasteiger charge is -2.12. The van der Waals surface area contributed by atoms with Crippen molar-refractivity contribution in [1.82, 2.24) is 0 Å². The monoisotopic (exact) mass is 193 g/mol. The van der Waals surface area contributed by atoms with Crippen LogP contribution in [0.2, 0.25) is 0 Å². The van der Waals surface area contributed by atoms with Gasteiger partial charge >= 0.3 is 10.3 Å². The second kappa shape index (κ2) is 3.88. The van der Waals surface area contributed by atoms with Gasteiger partial charge in [-0.05, 0) is 18.4 Å². The van der Waals surface area contributed by atoms with Gasteiger partial charge in [-0.3, -0.25) is 4.18 Å². The van der Waals surface area contributed by atoms with Gasteiger partial charge < -0.3 is 4.74 Å². The average Bonchev–Trinajstić information content (AvgIpc) is 2.02. The molecule has 1 heterocycles. The van der Waals surface area contributed by atoms with Gasteiger partial charge in [0.2, 0.25) is 0 Å². The van der Waals surface area contributed by atoms with E-state index in [4.69, 9.17) is 4.74 Å². The van der Waals surface area contributed by atoms with Crippen LogP contribution in [0.3, 0.4) is 0 Å². The fraction of sp³-hybridized carbons (Fsp3) is 0.667. The maximum atomic E-state index is 10.4. The molecule has 2 N–H and O–H groups in total. The van der Waals surface area contributed by atoms with Crippen LogP contribution in [0.5, 0.6) is 0 Å². The zero-order valence-corrected chi connectivity index (χ0v) is 7.34. The van der Waals surface area contributed by atoms with E-state index in [1.54, 1.807) is 0 Å². The minimum absolute atomic E-state index is 0.00116. The van der Waals surface area contributed by atoms with Crippen LogP contribution in [0.15, 0.2) is 11.8 Å². The van der Waals surface area contributed by atoms with Gasteiger partial charge in [0.25, 0.3) is 0 Å². The molecule has 1 aliphatic heterocycles. The molecule has 1 aliphatic rings. The summed E-state index contributed by atoms with van der Waals surface area (Å²) in [6, 6.07) is 0. The van der Waals surface area contributed by atoms with E-state index in [0.29, 0.717) is 6.61 Å². The molecule has 0 fully saturated rings. The molecule has 0 aromatic heterocycles. The van der Waals surface area contributed by atoms with E-state index in [2.05, 4.69) is 9.32 Å². The molecule has 6 heteroatoms. The van der Waals surface area contributed by atoms with Gasteiger partial charge in [0.15, 0.2) is 0 Å². The van der Waals surface area contributed by atoms with Crippen LogP contribution in [0.1, 0.15) is 12.8 Å². The third kappa shape index (κ3) is 3.70. The first-order valence-corrected chi connectivity index (χ1v) is 5.02. The van der Waals surface area contributed by atoms with Gasteiger partial charge in [-0.1, -0.05) is 0 Å². The molecule has 0 aliphatic carbocycles. The third-order valence-electron chi connectivity index (χ3n) is 1.42. The Morgan fingerprint density at radius 1 is 1.67 bits per heavy atom. The van der Waals surface area contributed by atoms with Gasteiger partial charge in [0.1, 0.15) is 0 Å². The summed E-state index contributed by atoms with van der Waals surface area (Å²) in [5.74, 6) is 0. The molecule has 0 saturated carbocycles. The molecule has 0 amide bonds. The Labute approximate surface area is 71.4 Å². The lowest BCUT2D eigenvalue weighted by molar-refractivity contribution is 0.214. The molecular weight excluding hydrogens is 182 g/mol. The average molecular weight is 193 g/mol. The maximum Gasteiger partial charge on any atom is 0.333 e. The second-order valence-corrected chi connectivity index (χ2v) is 3.73. The van der Waals surface area contributed by atoms with Crippen molar-refractivity contribution in [1.29, 1.82) is 0 Å². The quantitative estimate of drug-likeness (QED) is 0.679. The van der Waals surface area contributed by atoms with E-state index in [1.165, 1.54) is 6.26 Å². The Bertz CT molecular complexity index is 269. The van der Waals surface area contributed by atoms with Gasteiger partial charge in [0.05, 0.1) is 19.5 Å². The van der Waals surface area contributed by atoms with Crippen LogP contribution < -0.4 is 5.14 Å².